The van der Waals surface area contributed by atoms with Crippen molar-refractivity contribution in [3.8, 4) is 11.5 Å². The van der Waals surface area contributed by atoms with E-state index in [2.05, 4.69) is 98.8 Å². The molecule has 33 heavy (non-hydrogen) atoms. The van der Waals surface area contributed by atoms with Crippen LogP contribution in [0.15, 0.2) is 90.5 Å². The Labute approximate surface area is 197 Å². The van der Waals surface area contributed by atoms with E-state index in [9.17, 15) is 0 Å². The van der Waals surface area contributed by atoms with Gasteiger partial charge in [0.15, 0.2) is 0 Å². The molecule has 0 saturated heterocycles. The Morgan fingerprint density at radius 3 is 1.79 bits per heavy atom. The maximum Gasteiger partial charge on any atom is 0.119 e. The van der Waals surface area contributed by atoms with Crippen LogP contribution < -0.4 is 9.47 Å². The van der Waals surface area contributed by atoms with Crippen molar-refractivity contribution >= 4 is 5.57 Å². The molecule has 0 aliphatic heterocycles. The molecule has 0 bridgehead atoms. The van der Waals surface area contributed by atoms with Gasteiger partial charge < -0.3 is 9.47 Å². The van der Waals surface area contributed by atoms with Crippen LogP contribution in [0.1, 0.15) is 61.8 Å². The lowest BCUT2D eigenvalue weighted by atomic mass is 9.67. The monoisotopic (exact) mass is 436 g/mol. The van der Waals surface area contributed by atoms with Gasteiger partial charge >= 0.3 is 0 Å². The van der Waals surface area contributed by atoms with E-state index in [4.69, 9.17) is 9.47 Å². The standard InChI is InChI=1S/C31H32O2/c1-3-21-32-25-17-13-23(14-18-25)31(24-15-19-26(20-16-24)33-22-4-2)29-11-7-5-9-27(29)28-10-6-8-12-30(28)31/h5,7,9-20H,3-4,6,8,21-22H2,1-2H3. The van der Waals surface area contributed by atoms with Gasteiger partial charge in [-0.05, 0) is 83.3 Å². The molecule has 0 amide bonds. The largest absolute Gasteiger partial charge is 0.494 e. The lowest BCUT2D eigenvalue weighted by Gasteiger charge is -2.35. The fraction of sp³-hybridized carbons (Fsp3) is 0.290. The van der Waals surface area contributed by atoms with Crippen LogP contribution in [-0.2, 0) is 5.41 Å². The fourth-order valence-electron chi connectivity index (χ4n) is 5.31. The second kappa shape index (κ2) is 9.31. The van der Waals surface area contributed by atoms with Crippen LogP contribution in [0.25, 0.3) is 5.57 Å². The molecule has 2 aliphatic rings. The summed E-state index contributed by atoms with van der Waals surface area (Å²) in [6.45, 7) is 5.75. The van der Waals surface area contributed by atoms with E-state index in [1.54, 1.807) is 0 Å². The highest BCUT2D eigenvalue weighted by Gasteiger charge is 2.48. The van der Waals surface area contributed by atoms with Crippen molar-refractivity contribution < 1.29 is 9.47 Å². The first-order chi connectivity index (χ1) is 16.3. The predicted molar refractivity (Wildman–Crippen MR) is 136 cm³/mol. The number of fused-ring (bicyclic) bond motifs is 3. The highest BCUT2D eigenvalue weighted by atomic mass is 16.5. The predicted octanol–water partition coefficient (Wildman–Crippen LogP) is 7.72. The molecule has 0 atom stereocenters. The third-order valence-electron chi connectivity index (χ3n) is 6.70. The molecule has 168 valence electrons. The van der Waals surface area contributed by atoms with Crippen LogP contribution in [-0.4, -0.2) is 13.2 Å². The topological polar surface area (TPSA) is 18.5 Å². The Bertz CT molecular complexity index is 1110. The third kappa shape index (κ3) is 3.68. The zero-order valence-electron chi connectivity index (χ0n) is 19.6. The Balaban J connectivity index is 1.70. The Morgan fingerprint density at radius 1 is 0.667 bits per heavy atom. The molecule has 0 radical (unpaired) electrons. The van der Waals surface area contributed by atoms with Gasteiger partial charge in [-0.3, -0.25) is 0 Å². The summed E-state index contributed by atoms with van der Waals surface area (Å²) in [6, 6.07) is 26.4. The Hall–Kier alpha value is -3.26. The van der Waals surface area contributed by atoms with Gasteiger partial charge in [-0.15, -0.1) is 0 Å². The van der Waals surface area contributed by atoms with Crippen LogP contribution >= 0.6 is 0 Å². The summed E-state index contributed by atoms with van der Waals surface area (Å²) in [7, 11) is 0. The number of rotatable bonds is 8. The quantitative estimate of drug-likeness (QED) is 0.360. The molecule has 2 aliphatic carbocycles. The fourth-order valence-corrected chi connectivity index (χ4v) is 5.31. The maximum absolute atomic E-state index is 5.90. The highest BCUT2D eigenvalue weighted by Crippen LogP contribution is 2.58. The first kappa shape index (κ1) is 21.6. The van der Waals surface area contributed by atoms with E-state index in [-0.39, 0.29) is 5.41 Å². The molecule has 0 saturated carbocycles. The molecule has 0 N–H and O–H groups in total. The molecule has 0 unspecified atom stereocenters. The number of hydrogen-bond acceptors (Lipinski definition) is 2. The molecule has 0 aromatic heterocycles. The summed E-state index contributed by atoms with van der Waals surface area (Å²) in [5.41, 5.74) is 7.70. The second-order valence-electron chi connectivity index (χ2n) is 8.85. The lowest BCUT2D eigenvalue weighted by molar-refractivity contribution is 0.317. The molecule has 3 aromatic carbocycles. The van der Waals surface area contributed by atoms with Gasteiger partial charge in [0.2, 0.25) is 0 Å². The summed E-state index contributed by atoms with van der Waals surface area (Å²) in [5.74, 6) is 1.86. The van der Waals surface area contributed by atoms with E-state index >= 15 is 0 Å². The van der Waals surface area contributed by atoms with Crippen molar-refractivity contribution in [2.75, 3.05) is 13.2 Å². The minimum absolute atomic E-state index is 0.338. The van der Waals surface area contributed by atoms with Crippen LogP contribution in [0.3, 0.4) is 0 Å². The van der Waals surface area contributed by atoms with Crippen molar-refractivity contribution in [2.45, 2.75) is 44.9 Å². The first-order valence-corrected chi connectivity index (χ1v) is 12.3. The van der Waals surface area contributed by atoms with Crippen LogP contribution in [0.4, 0.5) is 0 Å². The molecule has 3 aromatic rings. The van der Waals surface area contributed by atoms with Gasteiger partial charge in [0.05, 0.1) is 18.6 Å². The van der Waals surface area contributed by atoms with Crippen molar-refractivity contribution in [1.82, 2.24) is 0 Å². The highest BCUT2D eigenvalue weighted by molar-refractivity contribution is 5.94. The molecule has 2 heteroatoms. The molecule has 5 rings (SSSR count). The number of benzene rings is 3. The summed E-state index contributed by atoms with van der Waals surface area (Å²) < 4.78 is 11.8. The summed E-state index contributed by atoms with van der Waals surface area (Å²) in [6.07, 6.45) is 9.06. The lowest BCUT2D eigenvalue weighted by Crippen LogP contribution is -2.29. The number of allylic oxidation sites excluding steroid dienone is 4. The van der Waals surface area contributed by atoms with E-state index < -0.39 is 0 Å². The third-order valence-corrected chi connectivity index (χ3v) is 6.70. The zero-order valence-corrected chi connectivity index (χ0v) is 19.6. The molecule has 0 heterocycles. The zero-order chi connectivity index (χ0) is 22.7. The molecule has 0 fully saturated rings. The Morgan fingerprint density at radius 2 is 1.21 bits per heavy atom. The second-order valence-corrected chi connectivity index (χ2v) is 8.85. The van der Waals surface area contributed by atoms with Crippen molar-refractivity contribution in [3.63, 3.8) is 0 Å². The molecule has 2 nitrogen and oxygen atoms in total. The number of ether oxygens (including phenoxy) is 2. The summed E-state index contributed by atoms with van der Waals surface area (Å²) in [4.78, 5) is 0. The smallest absolute Gasteiger partial charge is 0.119 e. The SMILES string of the molecule is CCCOc1ccc(C2(c3ccc(OCCC)cc3)C3=CCCC=C3c3ccccc32)cc1. The first-order valence-electron chi connectivity index (χ1n) is 12.3. The van der Waals surface area contributed by atoms with Crippen molar-refractivity contribution in [2.24, 2.45) is 0 Å². The van der Waals surface area contributed by atoms with Crippen LogP contribution in [0.5, 0.6) is 11.5 Å². The van der Waals surface area contributed by atoms with Crippen LogP contribution in [0, 0.1) is 0 Å². The average Bonchev–Trinajstić information content (AvgIpc) is 3.18. The normalized spacial score (nSPS) is 15.8. The van der Waals surface area contributed by atoms with E-state index in [0.29, 0.717) is 0 Å². The van der Waals surface area contributed by atoms with Gasteiger partial charge in [-0.2, -0.15) is 0 Å². The molecule has 0 spiro atoms. The van der Waals surface area contributed by atoms with E-state index in [1.165, 1.54) is 33.4 Å². The summed E-state index contributed by atoms with van der Waals surface area (Å²) >= 11 is 0. The van der Waals surface area contributed by atoms with E-state index in [1.807, 2.05) is 0 Å². The Kier molecular flexibility index (Phi) is 6.09. The van der Waals surface area contributed by atoms with E-state index in [0.717, 1.165) is 50.4 Å². The van der Waals surface area contributed by atoms with Crippen molar-refractivity contribution in [1.29, 1.82) is 0 Å². The van der Waals surface area contributed by atoms with Gasteiger partial charge in [0, 0.05) is 0 Å². The van der Waals surface area contributed by atoms with Crippen LogP contribution in [0.2, 0.25) is 0 Å². The van der Waals surface area contributed by atoms with Gasteiger partial charge in [0.25, 0.3) is 0 Å². The van der Waals surface area contributed by atoms with Gasteiger partial charge in [0.1, 0.15) is 11.5 Å². The molecular weight excluding hydrogens is 404 g/mol. The number of hydrogen-bond donors (Lipinski definition) is 0. The minimum Gasteiger partial charge on any atom is -0.494 e. The minimum atomic E-state index is -0.338. The van der Waals surface area contributed by atoms with Crippen molar-refractivity contribution in [3.05, 3.63) is 113 Å². The van der Waals surface area contributed by atoms with Gasteiger partial charge in [-0.1, -0.05) is 74.5 Å². The maximum atomic E-state index is 5.90. The summed E-state index contributed by atoms with van der Waals surface area (Å²) in [5, 5.41) is 0. The van der Waals surface area contributed by atoms with Gasteiger partial charge in [-0.25, -0.2) is 0 Å². The average molecular weight is 437 g/mol. The molecular formula is C31H32O2.